The average Bonchev–Trinajstić information content (AvgIpc) is 2.54. The molecule has 0 fully saturated rings. The van der Waals surface area contributed by atoms with Crippen molar-refractivity contribution < 1.29 is 24.7 Å². The Labute approximate surface area is 122 Å². The molecule has 0 aliphatic rings. The van der Waals surface area contributed by atoms with Crippen molar-refractivity contribution >= 4 is 17.4 Å². The monoisotopic (exact) mass is 294 g/mol. The van der Waals surface area contributed by atoms with Gasteiger partial charge in [0.2, 0.25) is 5.71 Å². The number of carbonyl (C=O) groups is 1. The second kappa shape index (κ2) is 9.49. The molecule has 7 nitrogen and oxygen atoms in total. The molecule has 1 aromatic carbocycles. The summed E-state index contributed by atoms with van der Waals surface area (Å²) in [6.07, 6.45) is 0.724. The van der Waals surface area contributed by atoms with Gasteiger partial charge < -0.3 is 19.9 Å². The zero-order chi connectivity index (χ0) is 15.5. The average molecular weight is 294 g/mol. The van der Waals surface area contributed by atoms with E-state index in [1.165, 1.54) is 0 Å². The minimum absolute atomic E-state index is 0.0485. The van der Waals surface area contributed by atoms with E-state index in [0.717, 1.165) is 12.7 Å². The van der Waals surface area contributed by atoms with Gasteiger partial charge in [-0.1, -0.05) is 40.6 Å². The Morgan fingerprint density at radius 3 is 2.48 bits per heavy atom. The molecule has 2 N–H and O–H groups in total. The van der Waals surface area contributed by atoms with Crippen LogP contribution in [0.15, 0.2) is 40.6 Å². The lowest BCUT2D eigenvalue weighted by molar-refractivity contribution is -0.132. The van der Waals surface area contributed by atoms with E-state index >= 15 is 0 Å². The van der Waals surface area contributed by atoms with Crippen LogP contribution in [-0.2, 0) is 20.9 Å². The molecule has 7 heteroatoms. The van der Waals surface area contributed by atoms with Gasteiger partial charge in [0.15, 0.2) is 0 Å². The maximum absolute atomic E-state index is 11.3. The molecular formula is C14H18N2O5. The van der Waals surface area contributed by atoms with E-state index < -0.39 is 11.7 Å². The fourth-order valence-corrected chi connectivity index (χ4v) is 1.63. The minimum Gasteiger partial charge on any atom is -0.464 e. The first-order valence-electron chi connectivity index (χ1n) is 6.36. The number of carbonyl (C=O) groups excluding carboxylic acids is 1. The predicted molar refractivity (Wildman–Crippen MR) is 75.8 cm³/mol. The number of hydrogen-bond acceptors (Lipinski definition) is 7. The van der Waals surface area contributed by atoms with E-state index in [2.05, 4.69) is 15.0 Å². The number of benzene rings is 1. The normalized spacial score (nSPS) is 12.2. The van der Waals surface area contributed by atoms with Crippen LogP contribution in [0.4, 0.5) is 0 Å². The van der Waals surface area contributed by atoms with Crippen molar-refractivity contribution in [1.29, 1.82) is 0 Å². The fraction of sp³-hybridized carbons (Fsp3) is 0.357. The molecule has 0 radical (unpaired) electrons. The van der Waals surface area contributed by atoms with Crippen LogP contribution in [-0.4, -0.2) is 41.5 Å². The zero-order valence-corrected chi connectivity index (χ0v) is 11.7. The molecule has 0 aliphatic carbocycles. The molecule has 0 heterocycles. The van der Waals surface area contributed by atoms with E-state index in [1.54, 1.807) is 0 Å². The van der Waals surface area contributed by atoms with Crippen LogP contribution in [0.1, 0.15) is 18.4 Å². The second-order valence-corrected chi connectivity index (χ2v) is 4.13. The van der Waals surface area contributed by atoms with Crippen molar-refractivity contribution in [3.8, 4) is 0 Å². The highest BCUT2D eigenvalue weighted by molar-refractivity contribution is 6.65. The van der Waals surface area contributed by atoms with Crippen LogP contribution < -0.4 is 0 Å². The molecule has 0 atom stereocenters. The predicted octanol–water partition coefficient (Wildman–Crippen LogP) is 1.82. The number of rotatable bonds is 8. The highest BCUT2D eigenvalue weighted by atomic mass is 16.5. The van der Waals surface area contributed by atoms with Crippen LogP contribution in [0.2, 0.25) is 0 Å². The first-order chi connectivity index (χ1) is 10.2. The summed E-state index contributed by atoms with van der Waals surface area (Å²) in [7, 11) is 1.14. The molecule has 0 aliphatic heterocycles. The summed E-state index contributed by atoms with van der Waals surface area (Å²) in [5.41, 5.74) is 0.594. The fourth-order valence-electron chi connectivity index (χ4n) is 1.63. The topological polar surface area (TPSA) is 101 Å². The molecule has 0 aromatic heterocycles. The quantitative estimate of drug-likeness (QED) is 0.250. The van der Waals surface area contributed by atoms with Gasteiger partial charge in [0, 0.05) is 6.61 Å². The highest BCUT2D eigenvalue weighted by Gasteiger charge is 2.20. The van der Waals surface area contributed by atoms with Gasteiger partial charge in [0.05, 0.1) is 13.7 Å². The van der Waals surface area contributed by atoms with Crippen molar-refractivity contribution in [3.05, 3.63) is 35.9 Å². The molecule has 0 spiro atoms. The number of nitrogens with zero attached hydrogens (tertiary/aromatic N) is 2. The third kappa shape index (κ3) is 5.62. The van der Waals surface area contributed by atoms with Crippen molar-refractivity contribution in [3.63, 3.8) is 0 Å². The van der Waals surface area contributed by atoms with Gasteiger partial charge in [-0.2, -0.15) is 0 Å². The second-order valence-electron chi connectivity index (χ2n) is 4.13. The van der Waals surface area contributed by atoms with Gasteiger partial charge in [0.1, 0.15) is 5.71 Å². The van der Waals surface area contributed by atoms with Crippen LogP contribution in [0.25, 0.3) is 0 Å². The Hall–Kier alpha value is -2.41. The smallest absolute Gasteiger partial charge is 0.362 e. The lowest BCUT2D eigenvalue weighted by atomic mass is 10.1. The largest absolute Gasteiger partial charge is 0.464 e. The van der Waals surface area contributed by atoms with E-state index in [0.29, 0.717) is 19.6 Å². The zero-order valence-electron chi connectivity index (χ0n) is 11.7. The molecule has 0 saturated carbocycles. The Morgan fingerprint density at radius 2 is 1.90 bits per heavy atom. The maximum Gasteiger partial charge on any atom is 0.362 e. The molecule has 1 aromatic rings. The third-order valence-electron chi connectivity index (χ3n) is 2.69. The SMILES string of the molecule is COC(=O)C(=NO)C(CCCOCc1ccccc1)=NO. The molecule has 0 unspecified atom stereocenters. The van der Waals surface area contributed by atoms with Gasteiger partial charge in [-0.25, -0.2) is 4.79 Å². The molecular weight excluding hydrogens is 276 g/mol. The molecule has 21 heavy (non-hydrogen) atoms. The van der Waals surface area contributed by atoms with Gasteiger partial charge >= 0.3 is 5.97 Å². The van der Waals surface area contributed by atoms with Crippen LogP contribution in [0.5, 0.6) is 0 Å². The van der Waals surface area contributed by atoms with Crippen molar-refractivity contribution in [1.82, 2.24) is 0 Å². The molecule has 1 rings (SSSR count). The summed E-state index contributed by atoms with van der Waals surface area (Å²) >= 11 is 0. The standard InChI is InChI=1S/C14H18N2O5/c1-20-14(17)13(16-19)12(15-18)8-5-9-21-10-11-6-3-2-4-7-11/h2-4,6-7,18-19H,5,8-10H2,1H3. The molecule has 0 amide bonds. The van der Waals surface area contributed by atoms with Crippen molar-refractivity contribution in [2.45, 2.75) is 19.4 Å². The van der Waals surface area contributed by atoms with E-state index in [-0.39, 0.29) is 12.1 Å². The third-order valence-corrected chi connectivity index (χ3v) is 2.69. The summed E-state index contributed by atoms with van der Waals surface area (Å²) in [6.45, 7) is 0.887. The van der Waals surface area contributed by atoms with Crippen LogP contribution in [0, 0.1) is 0 Å². The molecule has 0 bridgehead atoms. The Kier molecular flexibility index (Phi) is 7.52. The van der Waals surface area contributed by atoms with Crippen molar-refractivity contribution in [2.24, 2.45) is 10.3 Å². The number of oxime groups is 2. The van der Waals surface area contributed by atoms with Crippen LogP contribution in [0.3, 0.4) is 0 Å². The first-order valence-corrected chi connectivity index (χ1v) is 6.36. The Balaban J connectivity index is 2.35. The number of ether oxygens (including phenoxy) is 2. The van der Waals surface area contributed by atoms with Crippen molar-refractivity contribution in [2.75, 3.05) is 13.7 Å². The van der Waals surface area contributed by atoms with Crippen LogP contribution >= 0.6 is 0 Å². The highest BCUT2D eigenvalue weighted by Crippen LogP contribution is 2.03. The summed E-state index contributed by atoms with van der Waals surface area (Å²) in [5, 5.41) is 23.3. The van der Waals surface area contributed by atoms with Gasteiger partial charge in [0.25, 0.3) is 0 Å². The Morgan fingerprint density at radius 1 is 1.19 bits per heavy atom. The minimum atomic E-state index is -0.865. The van der Waals surface area contributed by atoms with Gasteiger partial charge in [-0.15, -0.1) is 0 Å². The van der Waals surface area contributed by atoms with E-state index in [1.807, 2.05) is 30.3 Å². The number of hydrogen-bond donors (Lipinski definition) is 2. The summed E-state index contributed by atoms with van der Waals surface area (Å²) in [6, 6.07) is 9.68. The van der Waals surface area contributed by atoms with E-state index in [9.17, 15) is 4.79 Å². The first kappa shape index (κ1) is 16.6. The summed E-state index contributed by atoms with van der Waals surface area (Å²) in [4.78, 5) is 11.3. The molecule has 0 saturated heterocycles. The van der Waals surface area contributed by atoms with Gasteiger partial charge in [-0.3, -0.25) is 0 Å². The summed E-state index contributed by atoms with van der Waals surface area (Å²) in [5.74, 6) is -0.865. The molecule has 114 valence electrons. The number of methoxy groups -OCH3 is 1. The maximum atomic E-state index is 11.3. The van der Waals surface area contributed by atoms with Gasteiger partial charge in [-0.05, 0) is 18.4 Å². The van der Waals surface area contributed by atoms with E-state index in [4.69, 9.17) is 15.2 Å². The Bertz CT molecular complexity index is 499. The summed E-state index contributed by atoms with van der Waals surface area (Å²) < 4.78 is 9.88. The number of esters is 1. The lowest BCUT2D eigenvalue weighted by Gasteiger charge is -2.06. The lowest BCUT2D eigenvalue weighted by Crippen LogP contribution is -2.26.